The fourth-order valence-corrected chi connectivity index (χ4v) is 8.83. The third kappa shape index (κ3) is 8.92. The zero-order valence-corrected chi connectivity index (χ0v) is 38.2. The van der Waals surface area contributed by atoms with Gasteiger partial charge in [0.15, 0.2) is 35.7 Å². The quantitative estimate of drug-likeness (QED) is 0.121. The van der Waals surface area contributed by atoms with Crippen LogP contribution < -0.4 is 18.9 Å². The van der Waals surface area contributed by atoms with Crippen molar-refractivity contribution < 1.29 is 57.1 Å². The molecule has 2 aliphatic heterocycles. The Hall–Kier alpha value is -5.92. The lowest BCUT2D eigenvalue weighted by molar-refractivity contribution is -0.274. The van der Waals surface area contributed by atoms with Crippen LogP contribution in [0, 0.1) is 0 Å². The predicted octanol–water partition coefficient (Wildman–Crippen LogP) is 10.1. The van der Waals surface area contributed by atoms with E-state index in [0.717, 1.165) is 24.0 Å². The van der Waals surface area contributed by atoms with Gasteiger partial charge in [0.2, 0.25) is 0 Å². The predicted molar refractivity (Wildman–Crippen MR) is 239 cm³/mol. The van der Waals surface area contributed by atoms with Gasteiger partial charge in [-0.05, 0) is 78.7 Å². The minimum atomic E-state index is -0.777. The SMILES string of the molecule is C=C(C)COc1cc([C@@H]2O[C@H](C)CC(C)(C)O2)c(OC)c2c1C(=O)c1ccccc1C2=O.C=C(C)COc1cc([C@@H]2O[C@H](C)CC(C)(C)O2)c(OC)c2c1C(=O)c1ccccc1C2=O. The molecule has 0 radical (unpaired) electrons. The molecule has 0 saturated carbocycles. The van der Waals surface area contributed by atoms with Crippen LogP contribution in [-0.4, -0.2) is 74.0 Å². The van der Waals surface area contributed by atoms with E-state index in [2.05, 4.69) is 13.2 Å². The van der Waals surface area contributed by atoms with E-state index in [1.807, 2.05) is 55.4 Å². The number of fused-ring (bicyclic) bond motifs is 4. The highest BCUT2D eigenvalue weighted by Crippen LogP contribution is 2.48. The molecule has 2 fully saturated rings. The number of rotatable bonds is 10. The molecule has 8 rings (SSSR count). The van der Waals surface area contributed by atoms with E-state index < -0.39 is 23.8 Å². The van der Waals surface area contributed by atoms with Crippen molar-refractivity contribution in [3.8, 4) is 23.0 Å². The molecule has 0 spiro atoms. The number of ketones is 4. The Morgan fingerprint density at radius 3 is 1.17 bits per heavy atom. The van der Waals surface area contributed by atoms with Crippen LogP contribution in [0.5, 0.6) is 23.0 Å². The maximum absolute atomic E-state index is 13.6. The molecule has 0 amide bonds. The van der Waals surface area contributed by atoms with Crippen LogP contribution in [0.2, 0.25) is 0 Å². The van der Waals surface area contributed by atoms with Crippen LogP contribution >= 0.6 is 0 Å². The van der Waals surface area contributed by atoms with Crippen LogP contribution in [-0.2, 0) is 18.9 Å². The van der Waals surface area contributed by atoms with Gasteiger partial charge in [-0.15, -0.1) is 0 Å². The molecule has 4 atom stereocenters. The summed E-state index contributed by atoms with van der Waals surface area (Å²) in [7, 11) is 2.95. The highest BCUT2D eigenvalue weighted by Gasteiger charge is 2.43. The second kappa shape index (κ2) is 17.9. The second-order valence-electron chi connectivity index (χ2n) is 18.1. The Kier molecular flexibility index (Phi) is 12.9. The largest absolute Gasteiger partial charge is 0.495 e. The summed E-state index contributed by atoms with van der Waals surface area (Å²) in [4.78, 5) is 54.0. The highest BCUT2D eigenvalue weighted by atomic mass is 16.7. The lowest BCUT2D eigenvalue weighted by Crippen LogP contribution is -2.39. The second-order valence-corrected chi connectivity index (χ2v) is 18.1. The summed E-state index contributed by atoms with van der Waals surface area (Å²) in [6.07, 6.45) is -0.242. The zero-order chi connectivity index (χ0) is 46.4. The van der Waals surface area contributed by atoms with Gasteiger partial charge in [-0.1, -0.05) is 61.7 Å². The standard InChI is InChI=1S/2C26H28O6/c2*1-14(2)13-30-19-11-18(25-31-15(3)12-26(4,5)32-25)24(29-6)21-20(19)22(27)16-9-7-8-10-17(16)23(21)28/h2*7-11,15,25H,1,12-13H2,2-6H3/t2*15-,25-/m11/s1. The smallest absolute Gasteiger partial charge is 0.198 e. The van der Waals surface area contributed by atoms with E-state index in [9.17, 15) is 19.2 Å². The molecule has 0 bridgehead atoms. The fraction of sp³-hybridized carbons (Fsp3) is 0.385. The van der Waals surface area contributed by atoms with Crippen LogP contribution in [0.4, 0.5) is 0 Å². The molecule has 2 aliphatic carbocycles. The van der Waals surface area contributed by atoms with Gasteiger partial charge in [-0.3, -0.25) is 19.2 Å². The van der Waals surface area contributed by atoms with Crippen molar-refractivity contribution in [1.29, 1.82) is 0 Å². The summed E-state index contributed by atoms with van der Waals surface area (Å²) >= 11 is 0. The molecule has 12 nitrogen and oxygen atoms in total. The van der Waals surface area contributed by atoms with Crippen molar-refractivity contribution in [2.75, 3.05) is 27.4 Å². The van der Waals surface area contributed by atoms with Crippen molar-refractivity contribution in [2.45, 2.75) is 104 Å². The summed E-state index contributed by atoms with van der Waals surface area (Å²) < 4.78 is 47.9. The summed E-state index contributed by atoms with van der Waals surface area (Å²) in [6.45, 7) is 23.7. The minimum Gasteiger partial charge on any atom is -0.495 e. The number of hydrogen-bond donors (Lipinski definition) is 0. The summed E-state index contributed by atoms with van der Waals surface area (Å²) in [5.74, 6) is -0.0399. The highest BCUT2D eigenvalue weighted by molar-refractivity contribution is 6.31. The molecule has 0 unspecified atom stereocenters. The van der Waals surface area contributed by atoms with Crippen LogP contribution in [0.25, 0.3) is 0 Å². The molecule has 4 aromatic rings. The number of carbonyl (C=O) groups is 4. The van der Waals surface area contributed by atoms with E-state index in [1.54, 1.807) is 60.7 Å². The minimum absolute atomic E-state index is 0.0673. The van der Waals surface area contributed by atoms with Gasteiger partial charge < -0.3 is 37.9 Å². The third-order valence-corrected chi connectivity index (χ3v) is 11.3. The van der Waals surface area contributed by atoms with Gasteiger partial charge in [-0.2, -0.15) is 0 Å². The average Bonchev–Trinajstić information content (AvgIpc) is 3.23. The molecule has 4 aromatic carbocycles. The van der Waals surface area contributed by atoms with Crippen LogP contribution in [0.1, 0.15) is 156 Å². The lowest BCUT2D eigenvalue weighted by atomic mass is 9.81. The van der Waals surface area contributed by atoms with Gasteiger partial charge in [0.1, 0.15) is 36.2 Å². The van der Waals surface area contributed by atoms with Crippen LogP contribution in [0.15, 0.2) is 85.0 Å². The zero-order valence-electron chi connectivity index (χ0n) is 38.2. The number of methoxy groups -OCH3 is 2. The third-order valence-electron chi connectivity index (χ3n) is 11.3. The molecule has 0 N–H and O–H groups in total. The topological polar surface area (TPSA) is 142 Å². The van der Waals surface area contributed by atoms with E-state index in [0.29, 0.717) is 33.4 Å². The molecule has 0 aromatic heterocycles. The van der Waals surface area contributed by atoms with Crippen molar-refractivity contribution in [3.63, 3.8) is 0 Å². The first-order valence-corrected chi connectivity index (χ1v) is 21.3. The van der Waals surface area contributed by atoms with Gasteiger partial charge >= 0.3 is 0 Å². The summed E-state index contributed by atoms with van der Waals surface area (Å²) in [6, 6.07) is 16.9. The molecule has 2 saturated heterocycles. The molecular formula is C52H56O12. The maximum atomic E-state index is 13.6. The van der Waals surface area contributed by atoms with Gasteiger partial charge in [0.25, 0.3) is 0 Å². The first-order valence-electron chi connectivity index (χ1n) is 21.3. The van der Waals surface area contributed by atoms with Crippen molar-refractivity contribution in [2.24, 2.45) is 0 Å². The molecule has 2 heterocycles. The fourth-order valence-electron chi connectivity index (χ4n) is 8.83. The Morgan fingerprint density at radius 2 is 0.891 bits per heavy atom. The number of carbonyl (C=O) groups excluding carboxylic acids is 4. The Bertz CT molecular complexity index is 2400. The molecule has 4 aliphatic rings. The first kappa shape index (κ1) is 46.1. The van der Waals surface area contributed by atoms with Crippen LogP contribution in [0.3, 0.4) is 0 Å². The average molecular weight is 873 g/mol. The monoisotopic (exact) mass is 872 g/mol. The number of ether oxygens (including phenoxy) is 8. The number of hydrogen-bond acceptors (Lipinski definition) is 12. The van der Waals surface area contributed by atoms with Gasteiger partial charge in [0.05, 0.1) is 71.0 Å². The summed E-state index contributed by atoms with van der Waals surface area (Å²) in [5.41, 5.74) is 3.83. The van der Waals surface area contributed by atoms with E-state index in [1.165, 1.54) is 14.2 Å². The van der Waals surface area contributed by atoms with Gasteiger partial charge in [0, 0.05) is 35.1 Å². The van der Waals surface area contributed by atoms with Crippen molar-refractivity contribution in [1.82, 2.24) is 0 Å². The lowest BCUT2D eigenvalue weighted by Gasteiger charge is -2.40. The van der Waals surface area contributed by atoms with Crippen molar-refractivity contribution in [3.05, 3.63) is 141 Å². The van der Waals surface area contributed by atoms with E-state index in [-0.39, 0.29) is 93.8 Å². The Labute approximate surface area is 374 Å². The molecule has 12 heteroatoms. The maximum Gasteiger partial charge on any atom is 0.198 e. The first-order chi connectivity index (χ1) is 30.3. The molecular weight excluding hydrogens is 817 g/mol. The summed E-state index contributed by atoms with van der Waals surface area (Å²) in [5, 5.41) is 0. The molecule has 336 valence electrons. The Morgan fingerprint density at radius 1 is 0.578 bits per heavy atom. The van der Waals surface area contributed by atoms with Gasteiger partial charge in [-0.25, -0.2) is 0 Å². The van der Waals surface area contributed by atoms with Crippen molar-refractivity contribution >= 4 is 23.1 Å². The normalized spacial score (nSPS) is 21.5. The Balaban J connectivity index is 0.000000191. The molecule has 64 heavy (non-hydrogen) atoms. The van der Waals surface area contributed by atoms with E-state index >= 15 is 0 Å². The van der Waals surface area contributed by atoms with E-state index in [4.69, 9.17) is 37.9 Å². The number of benzene rings is 4.